The van der Waals surface area contributed by atoms with Crippen molar-refractivity contribution in [2.75, 3.05) is 6.61 Å². The molecule has 2 rings (SSSR count). The SMILES string of the molecule is CC(C)COC(=O)c1ccc(CC(=O)Cc2ccc(F)cc2)cc1. The zero-order chi connectivity index (χ0) is 17.5. The monoisotopic (exact) mass is 328 g/mol. The molecular weight excluding hydrogens is 307 g/mol. The largest absolute Gasteiger partial charge is 0.462 e. The molecule has 3 nitrogen and oxygen atoms in total. The normalized spacial score (nSPS) is 10.7. The molecule has 0 aliphatic carbocycles. The number of halogens is 1. The van der Waals surface area contributed by atoms with Crippen LogP contribution in [0, 0.1) is 11.7 Å². The lowest BCUT2D eigenvalue weighted by atomic mass is 10.0. The van der Waals surface area contributed by atoms with Gasteiger partial charge in [-0.25, -0.2) is 9.18 Å². The molecule has 0 aliphatic heterocycles. The maximum Gasteiger partial charge on any atom is 0.338 e. The predicted octanol–water partition coefficient (Wildman–Crippen LogP) is 3.99. The van der Waals surface area contributed by atoms with Gasteiger partial charge in [0.2, 0.25) is 0 Å². The van der Waals surface area contributed by atoms with Gasteiger partial charge in [-0.1, -0.05) is 38.1 Å². The van der Waals surface area contributed by atoms with Gasteiger partial charge in [0.05, 0.1) is 12.2 Å². The summed E-state index contributed by atoms with van der Waals surface area (Å²) in [5.74, 6) is -0.340. The van der Waals surface area contributed by atoms with Crippen LogP contribution in [-0.2, 0) is 22.4 Å². The fourth-order valence-electron chi connectivity index (χ4n) is 2.20. The van der Waals surface area contributed by atoms with Crippen LogP contribution in [0.25, 0.3) is 0 Å². The first kappa shape index (κ1) is 17.9. The van der Waals surface area contributed by atoms with E-state index < -0.39 is 0 Å². The van der Waals surface area contributed by atoms with Gasteiger partial charge in [-0.15, -0.1) is 0 Å². The topological polar surface area (TPSA) is 43.4 Å². The van der Waals surface area contributed by atoms with Gasteiger partial charge in [0.25, 0.3) is 0 Å². The Kier molecular flexibility index (Phi) is 6.24. The summed E-state index contributed by atoms with van der Waals surface area (Å²) in [4.78, 5) is 23.9. The Balaban J connectivity index is 1.89. The van der Waals surface area contributed by atoms with Crippen molar-refractivity contribution in [3.05, 3.63) is 71.0 Å². The Morgan fingerprint density at radius 1 is 0.917 bits per heavy atom. The summed E-state index contributed by atoms with van der Waals surface area (Å²) in [6.45, 7) is 4.34. The minimum Gasteiger partial charge on any atom is -0.462 e. The Hall–Kier alpha value is -2.49. The fourth-order valence-corrected chi connectivity index (χ4v) is 2.20. The van der Waals surface area contributed by atoms with Crippen LogP contribution in [0.2, 0.25) is 0 Å². The fraction of sp³-hybridized carbons (Fsp3) is 0.300. The second-order valence-corrected chi connectivity index (χ2v) is 6.21. The molecule has 2 aromatic rings. The Bertz CT molecular complexity index is 688. The van der Waals surface area contributed by atoms with Crippen LogP contribution in [0.5, 0.6) is 0 Å². The number of rotatable bonds is 7. The minimum atomic E-state index is -0.354. The average molecular weight is 328 g/mol. The lowest BCUT2D eigenvalue weighted by Crippen LogP contribution is -2.10. The molecule has 4 heteroatoms. The Labute approximate surface area is 141 Å². The van der Waals surface area contributed by atoms with E-state index in [1.807, 2.05) is 13.8 Å². The second-order valence-electron chi connectivity index (χ2n) is 6.21. The number of esters is 1. The van der Waals surface area contributed by atoms with E-state index in [-0.39, 0.29) is 36.3 Å². The summed E-state index contributed by atoms with van der Waals surface area (Å²) in [5.41, 5.74) is 2.10. The smallest absolute Gasteiger partial charge is 0.338 e. The molecule has 0 N–H and O–H groups in total. The molecule has 0 fully saturated rings. The first-order valence-electron chi connectivity index (χ1n) is 7.96. The standard InChI is InChI=1S/C20H21FO3/c1-14(2)13-24-20(23)17-7-3-15(4-8-17)11-19(22)12-16-5-9-18(21)10-6-16/h3-10,14H,11-13H2,1-2H3. The number of Topliss-reactive ketones (excluding diaryl/α,β-unsaturated/α-hetero) is 1. The van der Waals surface area contributed by atoms with Crippen LogP contribution >= 0.6 is 0 Å². The molecule has 0 saturated carbocycles. The van der Waals surface area contributed by atoms with Crippen molar-refractivity contribution in [1.82, 2.24) is 0 Å². The quantitative estimate of drug-likeness (QED) is 0.722. The van der Waals surface area contributed by atoms with Gasteiger partial charge in [0, 0.05) is 12.8 Å². The second kappa shape index (κ2) is 8.39. The van der Waals surface area contributed by atoms with Crippen LogP contribution < -0.4 is 0 Å². The molecule has 126 valence electrons. The van der Waals surface area contributed by atoms with Gasteiger partial charge in [-0.05, 0) is 41.3 Å². The zero-order valence-electron chi connectivity index (χ0n) is 13.9. The lowest BCUT2D eigenvalue weighted by molar-refractivity contribution is -0.117. The number of ketones is 1. The first-order valence-corrected chi connectivity index (χ1v) is 7.96. The van der Waals surface area contributed by atoms with Crippen LogP contribution in [0.3, 0.4) is 0 Å². The molecule has 2 aromatic carbocycles. The number of carbonyl (C=O) groups excluding carboxylic acids is 2. The van der Waals surface area contributed by atoms with E-state index in [0.29, 0.717) is 12.2 Å². The zero-order valence-corrected chi connectivity index (χ0v) is 13.9. The molecule has 0 aromatic heterocycles. The van der Waals surface area contributed by atoms with Crippen molar-refractivity contribution < 1.29 is 18.7 Å². The molecule has 0 heterocycles. The van der Waals surface area contributed by atoms with Crippen molar-refractivity contribution in [3.63, 3.8) is 0 Å². The lowest BCUT2D eigenvalue weighted by Gasteiger charge is -2.07. The van der Waals surface area contributed by atoms with Crippen LogP contribution in [-0.4, -0.2) is 18.4 Å². The van der Waals surface area contributed by atoms with Gasteiger partial charge in [0.15, 0.2) is 0 Å². The van der Waals surface area contributed by atoms with Crippen molar-refractivity contribution in [3.8, 4) is 0 Å². The molecule has 0 amide bonds. The molecule has 0 atom stereocenters. The van der Waals surface area contributed by atoms with Crippen molar-refractivity contribution >= 4 is 11.8 Å². The number of benzene rings is 2. The van der Waals surface area contributed by atoms with Crippen molar-refractivity contribution in [1.29, 1.82) is 0 Å². The highest BCUT2D eigenvalue weighted by Gasteiger charge is 2.10. The van der Waals surface area contributed by atoms with Crippen molar-refractivity contribution in [2.24, 2.45) is 5.92 Å². The van der Waals surface area contributed by atoms with E-state index in [1.165, 1.54) is 12.1 Å². The predicted molar refractivity (Wildman–Crippen MR) is 90.4 cm³/mol. The molecule has 0 bridgehead atoms. The van der Waals surface area contributed by atoms with Gasteiger partial charge in [-0.2, -0.15) is 0 Å². The highest BCUT2D eigenvalue weighted by atomic mass is 19.1. The number of ether oxygens (including phenoxy) is 1. The van der Waals surface area contributed by atoms with E-state index in [1.54, 1.807) is 36.4 Å². The van der Waals surface area contributed by atoms with Crippen molar-refractivity contribution in [2.45, 2.75) is 26.7 Å². The molecule has 0 radical (unpaired) electrons. The van der Waals surface area contributed by atoms with Gasteiger partial charge >= 0.3 is 5.97 Å². The maximum absolute atomic E-state index is 12.9. The summed E-state index contributed by atoms with van der Waals surface area (Å²) in [7, 11) is 0. The van der Waals surface area contributed by atoms with Gasteiger partial charge in [0.1, 0.15) is 11.6 Å². The molecule has 0 unspecified atom stereocenters. The van der Waals surface area contributed by atoms with Crippen LogP contribution in [0.15, 0.2) is 48.5 Å². The van der Waals surface area contributed by atoms with E-state index in [4.69, 9.17) is 4.74 Å². The summed E-state index contributed by atoms with van der Waals surface area (Å²) in [6.07, 6.45) is 0.539. The summed E-state index contributed by atoms with van der Waals surface area (Å²) < 4.78 is 18.0. The van der Waals surface area contributed by atoms with E-state index in [9.17, 15) is 14.0 Å². The maximum atomic E-state index is 12.9. The summed E-state index contributed by atoms with van der Waals surface area (Å²) in [5, 5.41) is 0. The molecule has 24 heavy (non-hydrogen) atoms. The Morgan fingerprint density at radius 3 is 1.92 bits per heavy atom. The number of carbonyl (C=O) groups is 2. The van der Waals surface area contributed by atoms with Gasteiger partial charge < -0.3 is 4.74 Å². The number of hydrogen-bond donors (Lipinski definition) is 0. The van der Waals surface area contributed by atoms with E-state index >= 15 is 0 Å². The third-order valence-electron chi connectivity index (χ3n) is 3.45. The molecule has 0 saturated heterocycles. The van der Waals surface area contributed by atoms with E-state index in [2.05, 4.69) is 0 Å². The highest BCUT2D eigenvalue weighted by Crippen LogP contribution is 2.10. The minimum absolute atomic E-state index is 0.0387. The average Bonchev–Trinajstić information content (AvgIpc) is 2.55. The van der Waals surface area contributed by atoms with Crippen LogP contribution in [0.4, 0.5) is 4.39 Å². The third-order valence-corrected chi connectivity index (χ3v) is 3.45. The van der Waals surface area contributed by atoms with Gasteiger partial charge in [-0.3, -0.25) is 4.79 Å². The summed E-state index contributed by atoms with van der Waals surface area (Å²) in [6, 6.07) is 12.8. The molecule has 0 aliphatic rings. The molecule has 0 spiro atoms. The van der Waals surface area contributed by atoms with E-state index in [0.717, 1.165) is 11.1 Å². The number of hydrogen-bond acceptors (Lipinski definition) is 3. The Morgan fingerprint density at radius 2 is 1.42 bits per heavy atom. The third kappa shape index (κ3) is 5.61. The summed E-state index contributed by atoms with van der Waals surface area (Å²) >= 11 is 0. The molecular formula is C20H21FO3. The van der Waals surface area contributed by atoms with Crippen LogP contribution in [0.1, 0.15) is 35.3 Å². The first-order chi connectivity index (χ1) is 11.4. The highest BCUT2D eigenvalue weighted by molar-refractivity contribution is 5.89.